The highest BCUT2D eigenvalue weighted by atomic mass is 35.5. The second kappa shape index (κ2) is 7.56. The summed E-state index contributed by atoms with van der Waals surface area (Å²) in [6.07, 6.45) is 3.28. The van der Waals surface area contributed by atoms with E-state index in [0.29, 0.717) is 28.5 Å². The first-order valence-corrected chi connectivity index (χ1v) is 11.3. The zero-order valence-electron chi connectivity index (χ0n) is 16.3. The molecule has 158 valence electrons. The van der Waals surface area contributed by atoms with Gasteiger partial charge >= 0.3 is 0 Å². The van der Waals surface area contributed by atoms with Crippen LogP contribution in [0.3, 0.4) is 0 Å². The van der Waals surface area contributed by atoms with Crippen molar-refractivity contribution in [3.8, 4) is 0 Å². The minimum Gasteiger partial charge on any atom is -0.360 e. The van der Waals surface area contributed by atoms with E-state index < -0.39 is 10.0 Å². The Kier molecular flexibility index (Phi) is 5.20. The molecule has 0 unspecified atom stereocenters. The van der Waals surface area contributed by atoms with E-state index in [1.807, 2.05) is 6.92 Å². The summed E-state index contributed by atoms with van der Waals surface area (Å²) in [5.41, 5.74) is 1.69. The number of aryl methyl sites for hydroxylation is 1. The number of rotatable bonds is 6. The summed E-state index contributed by atoms with van der Waals surface area (Å²) in [7, 11) is -3.82. The number of nitrogens with two attached hydrogens (primary N) is 1. The van der Waals surface area contributed by atoms with E-state index in [9.17, 15) is 13.2 Å². The van der Waals surface area contributed by atoms with E-state index in [0.717, 1.165) is 12.8 Å². The van der Waals surface area contributed by atoms with Gasteiger partial charge in [-0.05, 0) is 56.3 Å². The summed E-state index contributed by atoms with van der Waals surface area (Å²) < 4.78 is 24.3. The standard InChI is InChI=1S/C18H20ClN7O3S/c1-9-14-16(25-18(19)23-9)26(10(2)11-3-4-11)17(27)15(24-14)22-7-12-5-6-13(8-21-12)30(20,28)29/h5-6,8,10-11H,3-4,7H2,1-2H3,(H,22,24)(H2,20,28,29)/t10-/m0/s1. The number of fused-ring (bicyclic) bond motifs is 1. The molecule has 0 bridgehead atoms. The third-order valence-corrected chi connectivity index (χ3v) is 6.23. The predicted molar refractivity (Wildman–Crippen MR) is 112 cm³/mol. The first-order chi connectivity index (χ1) is 14.1. The van der Waals surface area contributed by atoms with Crippen molar-refractivity contribution in [3.05, 3.63) is 45.4 Å². The number of nitrogens with zero attached hydrogens (tertiary/aromatic N) is 5. The Morgan fingerprint density at radius 1 is 1.30 bits per heavy atom. The number of pyridine rings is 1. The van der Waals surface area contributed by atoms with Crippen LogP contribution in [0.2, 0.25) is 5.28 Å². The highest BCUT2D eigenvalue weighted by Crippen LogP contribution is 2.39. The quantitative estimate of drug-likeness (QED) is 0.541. The lowest BCUT2D eigenvalue weighted by Gasteiger charge is -2.18. The smallest absolute Gasteiger partial charge is 0.295 e. The van der Waals surface area contributed by atoms with Gasteiger partial charge in [0.1, 0.15) is 10.4 Å². The molecular weight excluding hydrogens is 430 g/mol. The molecule has 0 radical (unpaired) electrons. The molecule has 1 atom stereocenters. The highest BCUT2D eigenvalue weighted by Gasteiger charge is 2.32. The van der Waals surface area contributed by atoms with Gasteiger partial charge in [-0.1, -0.05) is 0 Å². The average Bonchev–Trinajstić information content (AvgIpc) is 3.51. The van der Waals surface area contributed by atoms with Crippen molar-refractivity contribution < 1.29 is 8.42 Å². The maximum atomic E-state index is 13.2. The molecule has 10 nitrogen and oxygen atoms in total. The summed E-state index contributed by atoms with van der Waals surface area (Å²) in [5, 5.41) is 8.15. The second-order valence-corrected chi connectivity index (χ2v) is 9.25. The predicted octanol–water partition coefficient (Wildman–Crippen LogP) is 1.77. The fraction of sp³-hybridized carbons (Fsp3) is 0.389. The van der Waals surface area contributed by atoms with Crippen molar-refractivity contribution in [2.45, 2.75) is 44.2 Å². The van der Waals surface area contributed by atoms with Gasteiger partial charge in [-0.25, -0.2) is 23.5 Å². The Bertz CT molecular complexity index is 1290. The van der Waals surface area contributed by atoms with Gasteiger partial charge in [-0.15, -0.1) is 0 Å². The highest BCUT2D eigenvalue weighted by molar-refractivity contribution is 7.89. The lowest BCUT2D eigenvalue weighted by Crippen LogP contribution is -2.29. The summed E-state index contributed by atoms with van der Waals surface area (Å²) in [6.45, 7) is 3.92. The Hall–Kier alpha value is -2.63. The molecule has 0 saturated heterocycles. The summed E-state index contributed by atoms with van der Waals surface area (Å²) in [5.74, 6) is 0.545. The van der Waals surface area contributed by atoms with Crippen molar-refractivity contribution in [1.82, 2.24) is 24.5 Å². The molecule has 4 rings (SSSR count). The van der Waals surface area contributed by atoms with Gasteiger partial charge < -0.3 is 5.32 Å². The number of nitrogens with one attached hydrogen (secondary N) is 1. The van der Waals surface area contributed by atoms with E-state index in [2.05, 4.69) is 25.3 Å². The van der Waals surface area contributed by atoms with E-state index in [1.54, 1.807) is 11.5 Å². The summed E-state index contributed by atoms with van der Waals surface area (Å²) in [4.78, 5) is 30.1. The van der Waals surface area contributed by atoms with E-state index in [-0.39, 0.29) is 34.1 Å². The van der Waals surface area contributed by atoms with Crippen LogP contribution in [0.15, 0.2) is 28.0 Å². The number of anilines is 1. The first kappa shape index (κ1) is 20.6. The molecule has 3 aromatic heterocycles. The average molecular weight is 450 g/mol. The van der Waals surface area contributed by atoms with Gasteiger partial charge in [-0.3, -0.25) is 14.3 Å². The molecule has 0 spiro atoms. The van der Waals surface area contributed by atoms with Crippen molar-refractivity contribution in [2.75, 3.05) is 5.32 Å². The Balaban J connectivity index is 1.72. The molecule has 0 amide bonds. The lowest BCUT2D eigenvalue weighted by molar-refractivity contribution is 0.482. The zero-order chi connectivity index (χ0) is 21.6. The van der Waals surface area contributed by atoms with Crippen LogP contribution in [0.5, 0.6) is 0 Å². The molecule has 3 aromatic rings. The molecule has 1 aliphatic rings. The molecule has 3 heterocycles. The van der Waals surface area contributed by atoms with Crippen LogP contribution < -0.4 is 16.0 Å². The Morgan fingerprint density at radius 2 is 2.03 bits per heavy atom. The van der Waals surface area contributed by atoms with Crippen molar-refractivity contribution in [1.29, 1.82) is 0 Å². The van der Waals surface area contributed by atoms with Gasteiger partial charge in [0.15, 0.2) is 11.5 Å². The van der Waals surface area contributed by atoms with Crippen LogP contribution >= 0.6 is 11.6 Å². The molecule has 1 fully saturated rings. The van der Waals surface area contributed by atoms with Gasteiger partial charge in [0.05, 0.1) is 17.9 Å². The fourth-order valence-corrected chi connectivity index (χ4v) is 3.99. The molecular formula is C18H20ClN7O3S. The topological polar surface area (TPSA) is 146 Å². The molecule has 0 aliphatic heterocycles. The van der Waals surface area contributed by atoms with Gasteiger partial charge in [0.2, 0.25) is 15.3 Å². The zero-order valence-corrected chi connectivity index (χ0v) is 17.9. The SMILES string of the molecule is Cc1nc(Cl)nc2c1nc(NCc1ccc(S(N)(=O)=O)cn1)c(=O)n2[C@@H](C)C1CC1. The van der Waals surface area contributed by atoms with Crippen molar-refractivity contribution in [2.24, 2.45) is 11.1 Å². The number of sulfonamides is 1. The molecule has 12 heteroatoms. The Labute approximate surface area is 177 Å². The number of hydrogen-bond acceptors (Lipinski definition) is 8. The van der Waals surface area contributed by atoms with E-state index in [1.165, 1.54) is 18.3 Å². The van der Waals surface area contributed by atoms with E-state index >= 15 is 0 Å². The van der Waals surface area contributed by atoms with Crippen LogP contribution in [-0.2, 0) is 16.6 Å². The molecule has 3 N–H and O–H groups in total. The fourth-order valence-electron chi connectivity index (χ4n) is 3.33. The Morgan fingerprint density at radius 3 is 2.63 bits per heavy atom. The van der Waals surface area contributed by atoms with Gasteiger partial charge in [0, 0.05) is 12.2 Å². The monoisotopic (exact) mass is 449 g/mol. The van der Waals surface area contributed by atoms with Crippen LogP contribution in [0, 0.1) is 12.8 Å². The maximum absolute atomic E-state index is 13.2. The normalized spacial score (nSPS) is 15.3. The minimum atomic E-state index is -3.82. The van der Waals surface area contributed by atoms with Gasteiger partial charge in [0.25, 0.3) is 5.56 Å². The number of aromatic nitrogens is 5. The first-order valence-electron chi connectivity index (χ1n) is 9.33. The van der Waals surface area contributed by atoms with Crippen LogP contribution in [-0.4, -0.2) is 32.9 Å². The lowest BCUT2D eigenvalue weighted by atomic mass is 10.2. The largest absolute Gasteiger partial charge is 0.360 e. The number of hydrogen-bond donors (Lipinski definition) is 2. The van der Waals surface area contributed by atoms with Crippen molar-refractivity contribution >= 4 is 38.6 Å². The van der Waals surface area contributed by atoms with Crippen LogP contribution in [0.25, 0.3) is 11.2 Å². The molecule has 1 aliphatic carbocycles. The van der Waals surface area contributed by atoms with Crippen molar-refractivity contribution in [3.63, 3.8) is 0 Å². The third-order valence-electron chi connectivity index (χ3n) is 5.16. The van der Waals surface area contributed by atoms with E-state index in [4.69, 9.17) is 16.7 Å². The minimum absolute atomic E-state index is 0.0546. The number of primary sulfonamides is 1. The van der Waals surface area contributed by atoms with Crippen LogP contribution in [0.1, 0.15) is 37.2 Å². The van der Waals surface area contributed by atoms with Gasteiger partial charge in [-0.2, -0.15) is 4.98 Å². The molecule has 1 saturated carbocycles. The second-order valence-electron chi connectivity index (χ2n) is 7.35. The maximum Gasteiger partial charge on any atom is 0.295 e. The summed E-state index contributed by atoms with van der Waals surface area (Å²) in [6, 6.07) is 2.83. The third kappa shape index (κ3) is 4.00. The molecule has 30 heavy (non-hydrogen) atoms. The van der Waals surface area contributed by atoms with Crippen LogP contribution in [0.4, 0.5) is 5.82 Å². The number of halogens is 1. The molecule has 0 aromatic carbocycles. The summed E-state index contributed by atoms with van der Waals surface area (Å²) >= 11 is 6.03.